The van der Waals surface area contributed by atoms with Gasteiger partial charge in [0.15, 0.2) is 0 Å². The molecule has 1 aromatic heterocycles. The number of carbonyl (C=O) groups excluding carboxylic acids is 1. The molecule has 0 bridgehead atoms. The number of benzene rings is 1. The lowest BCUT2D eigenvalue weighted by Gasteiger charge is -2.07. The average molecular weight is 329 g/mol. The number of hydrogen-bond donors (Lipinski definition) is 1. The maximum absolute atomic E-state index is 12.0. The molecule has 0 spiro atoms. The second-order valence-electron chi connectivity index (χ2n) is 6.00. The van der Waals surface area contributed by atoms with Gasteiger partial charge >= 0.3 is 0 Å². The molecule has 0 atom stereocenters. The summed E-state index contributed by atoms with van der Waals surface area (Å²) in [6.07, 6.45) is 5.71. The molecule has 0 radical (unpaired) electrons. The minimum Gasteiger partial charge on any atom is -0.489 e. The van der Waals surface area contributed by atoms with Gasteiger partial charge in [-0.2, -0.15) is 0 Å². The van der Waals surface area contributed by atoms with Crippen LogP contribution in [0.4, 0.5) is 0 Å². The van der Waals surface area contributed by atoms with Gasteiger partial charge in [0.2, 0.25) is 0 Å². The Labute approximate surface area is 141 Å². The van der Waals surface area contributed by atoms with Gasteiger partial charge in [-0.1, -0.05) is 19.4 Å². The van der Waals surface area contributed by atoms with Crippen molar-refractivity contribution in [3.63, 3.8) is 0 Å². The molecular formula is C19H23NO2S. The van der Waals surface area contributed by atoms with E-state index in [1.807, 2.05) is 11.4 Å². The molecule has 1 N–H and O–H groups in total. The largest absolute Gasteiger partial charge is 0.489 e. The van der Waals surface area contributed by atoms with Crippen LogP contribution in [0.15, 0.2) is 29.6 Å². The Hall–Kier alpha value is -1.81. The van der Waals surface area contributed by atoms with Crippen LogP contribution in [0.1, 0.15) is 52.5 Å². The standard InChI is InChI=1S/C19H23NO2S/c1-2-3-9-20-19(21)18-10-14(13-23-18)12-22-17-8-7-15-5-4-6-16(15)11-17/h7-8,10-11,13H,2-6,9,12H2,1H3,(H,20,21). The van der Waals surface area contributed by atoms with Crippen LogP contribution in [0.2, 0.25) is 0 Å². The highest BCUT2D eigenvalue weighted by Gasteiger charge is 2.12. The highest BCUT2D eigenvalue weighted by Crippen LogP contribution is 2.26. The molecule has 1 heterocycles. The third kappa shape index (κ3) is 4.14. The summed E-state index contributed by atoms with van der Waals surface area (Å²) >= 11 is 1.48. The topological polar surface area (TPSA) is 38.3 Å². The summed E-state index contributed by atoms with van der Waals surface area (Å²) in [5.41, 5.74) is 3.93. The van der Waals surface area contributed by atoms with Gasteiger partial charge in [-0.05, 0) is 60.4 Å². The summed E-state index contributed by atoms with van der Waals surface area (Å²) in [6, 6.07) is 8.32. The Morgan fingerprint density at radius 2 is 2.13 bits per heavy atom. The first kappa shape index (κ1) is 16.1. The predicted molar refractivity (Wildman–Crippen MR) is 94.4 cm³/mol. The molecule has 23 heavy (non-hydrogen) atoms. The summed E-state index contributed by atoms with van der Waals surface area (Å²) in [5, 5.41) is 4.95. The van der Waals surface area contributed by atoms with Crippen LogP contribution < -0.4 is 10.1 Å². The Bertz CT molecular complexity index is 678. The molecule has 0 saturated carbocycles. The molecule has 122 valence electrons. The Morgan fingerprint density at radius 3 is 3.00 bits per heavy atom. The number of ether oxygens (including phenoxy) is 1. The van der Waals surface area contributed by atoms with Gasteiger partial charge in [-0.15, -0.1) is 11.3 Å². The molecule has 0 aliphatic heterocycles. The number of nitrogens with one attached hydrogen (secondary N) is 1. The molecule has 3 nitrogen and oxygen atoms in total. The van der Waals surface area contributed by atoms with Gasteiger partial charge in [0.1, 0.15) is 12.4 Å². The first-order valence-corrected chi connectivity index (χ1v) is 9.24. The van der Waals surface area contributed by atoms with Crippen molar-refractivity contribution < 1.29 is 9.53 Å². The fourth-order valence-corrected chi connectivity index (χ4v) is 3.65. The SMILES string of the molecule is CCCCNC(=O)c1cc(COc2ccc3c(c2)CCC3)cs1. The molecule has 1 aromatic carbocycles. The van der Waals surface area contributed by atoms with Crippen LogP contribution in [0, 0.1) is 0 Å². The van der Waals surface area contributed by atoms with Gasteiger partial charge < -0.3 is 10.1 Å². The zero-order valence-electron chi connectivity index (χ0n) is 13.6. The van der Waals surface area contributed by atoms with E-state index in [2.05, 4.69) is 30.4 Å². The molecule has 2 aromatic rings. The summed E-state index contributed by atoms with van der Waals surface area (Å²) in [7, 11) is 0. The molecular weight excluding hydrogens is 306 g/mol. The van der Waals surface area contributed by atoms with E-state index < -0.39 is 0 Å². The van der Waals surface area contributed by atoms with E-state index in [1.165, 1.54) is 35.3 Å². The number of fused-ring (bicyclic) bond motifs is 1. The van der Waals surface area contributed by atoms with E-state index >= 15 is 0 Å². The van der Waals surface area contributed by atoms with Gasteiger partial charge in [-0.25, -0.2) is 0 Å². The van der Waals surface area contributed by atoms with Crippen molar-refractivity contribution >= 4 is 17.2 Å². The zero-order valence-corrected chi connectivity index (χ0v) is 14.4. The van der Waals surface area contributed by atoms with E-state index in [4.69, 9.17) is 4.74 Å². The van der Waals surface area contributed by atoms with E-state index in [9.17, 15) is 4.79 Å². The molecule has 4 heteroatoms. The number of unbranched alkanes of at least 4 members (excludes halogenated alkanes) is 1. The van der Waals surface area contributed by atoms with Crippen molar-refractivity contribution in [3.8, 4) is 5.75 Å². The molecule has 1 aliphatic carbocycles. The Morgan fingerprint density at radius 1 is 1.26 bits per heavy atom. The van der Waals surface area contributed by atoms with Crippen LogP contribution in [-0.4, -0.2) is 12.5 Å². The van der Waals surface area contributed by atoms with Gasteiger partial charge in [-0.3, -0.25) is 4.79 Å². The van der Waals surface area contributed by atoms with Crippen LogP contribution in [0.25, 0.3) is 0 Å². The fourth-order valence-electron chi connectivity index (χ4n) is 2.84. The number of amides is 1. The Balaban J connectivity index is 1.54. The second-order valence-corrected chi connectivity index (χ2v) is 6.91. The maximum atomic E-state index is 12.0. The quantitative estimate of drug-likeness (QED) is 0.767. The first-order valence-electron chi connectivity index (χ1n) is 8.36. The third-order valence-electron chi connectivity index (χ3n) is 4.17. The van der Waals surface area contributed by atoms with Crippen LogP contribution >= 0.6 is 11.3 Å². The number of carbonyl (C=O) groups is 1. The average Bonchev–Trinajstić information content (AvgIpc) is 3.21. The predicted octanol–water partition coefficient (Wildman–Crippen LogP) is 4.35. The normalized spacial score (nSPS) is 12.9. The summed E-state index contributed by atoms with van der Waals surface area (Å²) < 4.78 is 5.88. The zero-order chi connectivity index (χ0) is 16.1. The lowest BCUT2D eigenvalue weighted by Crippen LogP contribution is -2.23. The Kier molecular flexibility index (Phi) is 5.34. The minimum atomic E-state index is 0.0206. The van der Waals surface area contributed by atoms with E-state index in [1.54, 1.807) is 0 Å². The van der Waals surface area contributed by atoms with Crippen molar-refractivity contribution in [3.05, 3.63) is 51.2 Å². The van der Waals surface area contributed by atoms with Crippen molar-refractivity contribution in [2.24, 2.45) is 0 Å². The molecule has 0 unspecified atom stereocenters. The van der Waals surface area contributed by atoms with Crippen molar-refractivity contribution in [1.29, 1.82) is 0 Å². The highest BCUT2D eigenvalue weighted by molar-refractivity contribution is 7.12. The second kappa shape index (κ2) is 7.64. The van der Waals surface area contributed by atoms with Crippen molar-refractivity contribution in [2.45, 2.75) is 45.6 Å². The summed E-state index contributed by atoms with van der Waals surface area (Å²) in [5.74, 6) is 0.943. The number of aryl methyl sites for hydroxylation is 2. The smallest absolute Gasteiger partial charge is 0.261 e. The van der Waals surface area contributed by atoms with Crippen molar-refractivity contribution in [2.75, 3.05) is 6.54 Å². The van der Waals surface area contributed by atoms with Gasteiger partial charge in [0.25, 0.3) is 5.91 Å². The lowest BCUT2D eigenvalue weighted by atomic mass is 10.1. The van der Waals surface area contributed by atoms with E-state index in [-0.39, 0.29) is 5.91 Å². The third-order valence-corrected chi connectivity index (χ3v) is 5.15. The van der Waals surface area contributed by atoms with Gasteiger partial charge in [0, 0.05) is 12.1 Å². The monoisotopic (exact) mass is 329 g/mol. The minimum absolute atomic E-state index is 0.0206. The fraction of sp³-hybridized carbons (Fsp3) is 0.421. The maximum Gasteiger partial charge on any atom is 0.261 e. The van der Waals surface area contributed by atoms with Crippen LogP contribution in [-0.2, 0) is 19.4 Å². The summed E-state index contributed by atoms with van der Waals surface area (Å²) in [6.45, 7) is 3.37. The number of thiophene rings is 1. The van der Waals surface area contributed by atoms with E-state index in [0.717, 1.165) is 42.0 Å². The number of hydrogen-bond acceptors (Lipinski definition) is 3. The summed E-state index contributed by atoms with van der Waals surface area (Å²) in [4.78, 5) is 12.8. The van der Waals surface area contributed by atoms with Crippen LogP contribution in [0.3, 0.4) is 0 Å². The molecule has 3 rings (SSSR count). The van der Waals surface area contributed by atoms with Gasteiger partial charge in [0.05, 0.1) is 4.88 Å². The molecule has 1 aliphatic rings. The first-order chi connectivity index (χ1) is 11.3. The van der Waals surface area contributed by atoms with Crippen molar-refractivity contribution in [1.82, 2.24) is 5.32 Å². The highest BCUT2D eigenvalue weighted by atomic mass is 32.1. The molecule has 1 amide bonds. The molecule has 0 fully saturated rings. The van der Waals surface area contributed by atoms with E-state index in [0.29, 0.717) is 6.61 Å². The number of rotatable bonds is 7. The lowest BCUT2D eigenvalue weighted by molar-refractivity contribution is 0.0957. The molecule has 0 saturated heterocycles. The van der Waals surface area contributed by atoms with Crippen LogP contribution in [0.5, 0.6) is 5.75 Å².